The largest absolute Gasteiger partial charge is 0.490 e. The van der Waals surface area contributed by atoms with E-state index in [-0.39, 0.29) is 6.10 Å². The Hall–Kier alpha value is -1.14. The maximum absolute atomic E-state index is 13.4. The fourth-order valence-electron chi connectivity index (χ4n) is 2.73. The summed E-state index contributed by atoms with van der Waals surface area (Å²) in [6.45, 7) is 1.58. The Kier molecular flexibility index (Phi) is 4.88. The van der Waals surface area contributed by atoms with Gasteiger partial charge in [0.05, 0.1) is 17.5 Å². The second kappa shape index (κ2) is 6.32. The first-order valence-corrected chi connectivity index (χ1v) is 9.06. The highest BCUT2D eigenvalue weighted by molar-refractivity contribution is 7.91. The number of benzene rings is 1. The van der Waals surface area contributed by atoms with Crippen LogP contribution in [0, 0.1) is 5.82 Å². The van der Waals surface area contributed by atoms with E-state index in [1.165, 1.54) is 24.5 Å². The lowest BCUT2D eigenvalue weighted by Gasteiger charge is -2.29. The zero-order valence-corrected chi connectivity index (χ0v) is 13.1. The number of sulfone groups is 1. The molecule has 1 aliphatic carbocycles. The molecule has 1 saturated carbocycles. The lowest BCUT2D eigenvalue weighted by molar-refractivity contribution is 0.142. The third-order valence-corrected chi connectivity index (χ3v) is 5.54. The van der Waals surface area contributed by atoms with Crippen molar-refractivity contribution in [2.24, 2.45) is 0 Å². The minimum atomic E-state index is -3.09. The second-order valence-electron chi connectivity index (χ2n) is 5.72. The Labute approximate surface area is 124 Å². The highest BCUT2D eigenvalue weighted by Gasteiger charge is 2.30. The molecule has 4 nitrogen and oxygen atoms in total. The van der Waals surface area contributed by atoms with Crippen LogP contribution in [-0.4, -0.2) is 31.1 Å². The molecule has 1 N–H and O–H groups in total. The van der Waals surface area contributed by atoms with Crippen LogP contribution in [0.1, 0.15) is 44.3 Å². The minimum absolute atomic E-state index is 0.266. The number of aliphatic hydroxyl groups excluding tert-OH is 1. The Morgan fingerprint density at radius 2 is 2.10 bits per heavy atom. The molecule has 6 heteroatoms. The smallest absolute Gasteiger partial charge is 0.150 e. The molecule has 21 heavy (non-hydrogen) atoms. The third-order valence-electron chi connectivity index (χ3n) is 3.90. The Bertz CT molecular complexity index is 598. The summed E-state index contributed by atoms with van der Waals surface area (Å²) in [5, 5.41) is 9.30. The standard InChI is InChI=1S/C15H21FO4S/c1-10(17)14-7-6-11(16)8-15(14)20-12-4-3-5-13(9-12)21(2,18)19/h6-8,10,12-13,17H,3-5,9H2,1-2H3. The number of rotatable bonds is 4. The van der Waals surface area contributed by atoms with E-state index in [2.05, 4.69) is 0 Å². The third kappa shape index (κ3) is 4.17. The van der Waals surface area contributed by atoms with Crippen molar-refractivity contribution in [1.82, 2.24) is 0 Å². The van der Waals surface area contributed by atoms with Crippen molar-refractivity contribution < 1.29 is 22.7 Å². The quantitative estimate of drug-likeness (QED) is 0.927. The molecule has 0 radical (unpaired) electrons. The van der Waals surface area contributed by atoms with Gasteiger partial charge in [-0.25, -0.2) is 12.8 Å². The van der Waals surface area contributed by atoms with Gasteiger partial charge in [0.1, 0.15) is 21.4 Å². The molecule has 1 aromatic rings. The molecule has 0 heterocycles. The van der Waals surface area contributed by atoms with Crippen molar-refractivity contribution in [3.05, 3.63) is 29.6 Å². The monoisotopic (exact) mass is 316 g/mol. The van der Waals surface area contributed by atoms with Crippen molar-refractivity contribution in [2.45, 2.75) is 50.1 Å². The number of aliphatic hydroxyl groups is 1. The molecule has 0 bridgehead atoms. The van der Waals surface area contributed by atoms with Crippen LogP contribution in [0.25, 0.3) is 0 Å². The molecule has 0 spiro atoms. The molecular weight excluding hydrogens is 295 g/mol. The van der Waals surface area contributed by atoms with E-state index in [9.17, 15) is 17.9 Å². The highest BCUT2D eigenvalue weighted by atomic mass is 32.2. The Balaban J connectivity index is 2.16. The van der Waals surface area contributed by atoms with Gasteiger partial charge in [-0.15, -0.1) is 0 Å². The summed E-state index contributed by atoms with van der Waals surface area (Å²) in [4.78, 5) is 0. The maximum atomic E-state index is 13.4. The lowest BCUT2D eigenvalue weighted by Crippen LogP contribution is -2.33. The zero-order valence-electron chi connectivity index (χ0n) is 12.3. The van der Waals surface area contributed by atoms with Gasteiger partial charge in [-0.3, -0.25) is 0 Å². The van der Waals surface area contributed by atoms with Crippen molar-refractivity contribution >= 4 is 9.84 Å². The lowest BCUT2D eigenvalue weighted by atomic mass is 9.97. The van der Waals surface area contributed by atoms with Crippen LogP contribution < -0.4 is 4.74 Å². The van der Waals surface area contributed by atoms with Crippen molar-refractivity contribution in [3.63, 3.8) is 0 Å². The van der Waals surface area contributed by atoms with Gasteiger partial charge >= 0.3 is 0 Å². The van der Waals surface area contributed by atoms with Crippen LogP contribution in [0.5, 0.6) is 5.75 Å². The number of hydrogen-bond donors (Lipinski definition) is 1. The van der Waals surface area contributed by atoms with Crippen LogP contribution in [0.3, 0.4) is 0 Å². The normalized spacial score (nSPS) is 24.6. The fourth-order valence-corrected chi connectivity index (χ4v) is 3.89. The van der Waals surface area contributed by atoms with Gasteiger partial charge < -0.3 is 9.84 Å². The summed E-state index contributed by atoms with van der Waals surface area (Å²) in [6, 6.07) is 4.01. The molecule has 0 amide bonds. The van der Waals surface area contributed by atoms with Gasteiger partial charge in [-0.2, -0.15) is 0 Å². The molecule has 1 aromatic carbocycles. The van der Waals surface area contributed by atoms with Crippen LogP contribution >= 0.6 is 0 Å². The van der Waals surface area contributed by atoms with E-state index < -0.39 is 27.0 Å². The predicted molar refractivity (Wildman–Crippen MR) is 78.5 cm³/mol. The van der Waals surface area contributed by atoms with Crippen molar-refractivity contribution in [2.75, 3.05) is 6.26 Å². The summed E-state index contributed by atoms with van der Waals surface area (Å²) in [6.07, 6.45) is 2.76. The molecule has 0 aromatic heterocycles. The fraction of sp³-hybridized carbons (Fsp3) is 0.600. The zero-order chi connectivity index (χ0) is 15.6. The summed E-state index contributed by atoms with van der Waals surface area (Å²) in [5.41, 5.74) is 0.512. The SMILES string of the molecule is CC(O)c1ccc(F)cc1OC1CCCC(S(C)(=O)=O)C1. The molecule has 2 rings (SSSR count). The topological polar surface area (TPSA) is 63.6 Å². The Morgan fingerprint density at radius 1 is 1.38 bits per heavy atom. The first kappa shape index (κ1) is 16.2. The van der Waals surface area contributed by atoms with Crippen molar-refractivity contribution in [1.29, 1.82) is 0 Å². The number of halogens is 1. The van der Waals surface area contributed by atoms with Gasteiger partial charge in [0, 0.05) is 24.3 Å². The minimum Gasteiger partial charge on any atom is -0.490 e. The highest BCUT2D eigenvalue weighted by Crippen LogP contribution is 2.31. The average Bonchev–Trinajstić information content (AvgIpc) is 2.37. The number of hydrogen-bond acceptors (Lipinski definition) is 4. The van der Waals surface area contributed by atoms with E-state index >= 15 is 0 Å². The summed E-state index contributed by atoms with van der Waals surface area (Å²) in [5.74, 6) is -0.144. The second-order valence-corrected chi connectivity index (χ2v) is 8.04. The summed E-state index contributed by atoms with van der Waals surface area (Å²) >= 11 is 0. The van der Waals surface area contributed by atoms with Crippen LogP contribution in [-0.2, 0) is 9.84 Å². The van der Waals surface area contributed by atoms with E-state index in [1.807, 2.05) is 0 Å². The van der Waals surface area contributed by atoms with Crippen LogP contribution in [0.15, 0.2) is 18.2 Å². The van der Waals surface area contributed by atoms with Gasteiger partial charge in [0.15, 0.2) is 0 Å². The number of ether oxygens (including phenoxy) is 1. The molecule has 1 aliphatic rings. The average molecular weight is 316 g/mol. The first-order chi connectivity index (χ1) is 9.77. The molecule has 3 unspecified atom stereocenters. The molecule has 3 atom stereocenters. The Morgan fingerprint density at radius 3 is 2.71 bits per heavy atom. The van der Waals surface area contributed by atoms with E-state index in [1.54, 1.807) is 6.92 Å². The van der Waals surface area contributed by atoms with E-state index in [4.69, 9.17) is 4.74 Å². The van der Waals surface area contributed by atoms with Crippen LogP contribution in [0.4, 0.5) is 4.39 Å². The summed E-state index contributed by atoms with van der Waals surface area (Å²) in [7, 11) is -3.09. The molecular formula is C15H21FO4S. The van der Waals surface area contributed by atoms with E-state index in [0.29, 0.717) is 24.2 Å². The van der Waals surface area contributed by atoms with Gasteiger partial charge in [0.2, 0.25) is 0 Å². The predicted octanol–water partition coefficient (Wildman–Crippen LogP) is 2.61. The summed E-state index contributed by atoms with van der Waals surface area (Å²) < 4.78 is 42.5. The maximum Gasteiger partial charge on any atom is 0.150 e. The van der Waals surface area contributed by atoms with Crippen LogP contribution in [0.2, 0.25) is 0 Å². The molecule has 1 fully saturated rings. The molecule has 0 aliphatic heterocycles. The van der Waals surface area contributed by atoms with Gasteiger partial charge in [0.25, 0.3) is 0 Å². The van der Waals surface area contributed by atoms with Crippen molar-refractivity contribution in [3.8, 4) is 5.75 Å². The first-order valence-electron chi connectivity index (χ1n) is 7.10. The molecule has 118 valence electrons. The van der Waals surface area contributed by atoms with Gasteiger partial charge in [-0.05, 0) is 38.3 Å². The molecule has 0 saturated heterocycles. The van der Waals surface area contributed by atoms with Gasteiger partial charge in [-0.1, -0.05) is 0 Å². The van der Waals surface area contributed by atoms with E-state index in [0.717, 1.165) is 12.8 Å².